The molecule has 0 unspecified atom stereocenters. The van der Waals surface area contributed by atoms with Crippen LogP contribution >= 0.6 is 0 Å². The summed E-state index contributed by atoms with van der Waals surface area (Å²) in [5.41, 5.74) is 1.71. The fourth-order valence-electron chi connectivity index (χ4n) is 4.02. The lowest BCUT2D eigenvalue weighted by molar-refractivity contribution is -0.131. The largest absolute Gasteiger partial charge is 0.493 e. The molecule has 4 rings (SSSR count). The predicted octanol–water partition coefficient (Wildman–Crippen LogP) is 3.71. The number of hydrogen-bond donors (Lipinski definition) is 0. The molecule has 2 heterocycles. The van der Waals surface area contributed by atoms with Crippen LogP contribution in [0.25, 0.3) is 11.4 Å². The Morgan fingerprint density at radius 1 is 1.09 bits per heavy atom. The van der Waals surface area contributed by atoms with Crippen molar-refractivity contribution in [1.82, 2.24) is 15.0 Å². The lowest BCUT2D eigenvalue weighted by Crippen LogP contribution is -2.40. The van der Waals surface area contributed by atoms with E-state index in [-0.39, 0.29) is 11.8 Å². The molecule has 0 spiro atoms. The van der Waals surface area contributed by atoms with Gasteiger partial charge in [0.05, 0.1) is 33.7 Å². The Morgan fingerprint density at radius 2 is 1.81 bits per heavy atom. The maximum Gasteiger partial charge on any atom is 0.231 e. The van der Waals surface area contributed by atoms with Gasteiger partial charge in [-0.3, -0.25) is 4.79 Å². The highest BCUT2D eigenvalue weighted by Gasteiger charge is 2.29. The van der Waals surface area contributed by atoms with Gasteiger partial charge >= 0.3 is 0 Å². The van der Waals surface area contributed by atoms with Gasteiger partial charge in [-0.2, -0.15) is 4.98 Å². The average molecular weight is 437 g/mol. The third kappa shape index (κ3) is 4.54. The molecule has 2 aromatic carbocycles. The second-order valence-electron chi connectivity index (χ2n) is 7.71. The Bertz CT molecular complexity index is 1040. The zero-order valence-corrected chi connectivity index (χ0v) is 18.5. The number of hydrogen-bond acceptors (Lipinski definition) is 7. The highest BCUT2D eigenvalue weighted by atomic mass is 16.5. The third-order valence-corrected chi connectivity index (χ3v) is 5.69. The van der Waals surface area contributed by atoms with Crippen LogP contribution < -0.4 is 14.2 Å². The van der Waals surface area contributed by atoms with Crippen LogP contribution in [0.2, 0.25) is 0 Å². The van der Waals surface area contributed by atoms with E-state index in [1.165, 1.54) is 0 Å². The van der Waals surface area contributed by atoms with Gasteiger partial charge in [0, 0.05) is 18.7 Å². The molecule has 8 heteroatoms. The number of ether oxygens (including phenoxy) is 3. The zero-order valence-electron chi connectivity index (χ0n) is 18.5. The first kappa shape index (κ1) is 21.7. The lowest BCUT2D eigenvalue weighted by atomic mass is 9.97. The zero-order chi connectivity index (χ0) is 22.5. The number of nitrogens with zero attached hydrogens (tertiary/aromatic N) is 3. The maximum atomic E-state index is 12.8. The average Bonchev–Trinajstić information content (AvgIpc) is 3.34. The van der Waals surface area contributed by atoms with Gasteiger partial charge in [-0.1, -0.05) is 35.5 Å². The number of rotatable bonds is 7. The summed E-state index contributed by atoms with van der Waals surface area (Å²) in [5.74, 6) is 2.63. The summed E-state index contributed by atoms with van der Waals surface area (Å²) in [4.78, 5) is 19.3. The molecule has 0 radical (unpaired) electrons. The van der Waals surface area contributed by atoms with Gasteiger partial charge in [0.25, 0.3) is 0 Å². The molecule has 3 aromatic rings. The number of aromatic nitrogens is 2. The van der Waals surface area contributed by atoms with Gasteiger partial charge in [0.2, 0.25) is 23.4 Å². The molecular weight excluding hydrogens is 410 g/mol. The summed E-state index contributed by atoms with van der Waals surface area (Å²) in [6, 6.07) is 13.4. The van der Waals surface area contributed by atoms with E-state index in [1.807, 2.05) is 35.2 Å². The Balaban J connectivity index is 1.50. The van der Waals surface area contributed by atoms with E-state index < -0.39 is 0 Å². The molecule has 1 atom stereocenters. The molecule has 1 saturated heterocycles. The van der Waals surface area contributed by atoms with Gasteiger partial charge in [-0.15, -0.1) is 0 Å². The van der Waals surface area contributed by atoms with E-state index in [2.05, 4.69) is 10.1 Å². The van der Waals surface area contributed by atoms with Gasteiger partial charge in [-0.05, 0) is 30.5 Å². The van der Waals surface area contributed by atoms with Crippen LogP contribution in [0.1, 0.15) is 30.2 Å². The summed E-state index contributed by atoms with van der Waals surface area (Å²) in [6.07, 6.45) is 2.19. The summed E-state index contributed by atoms with van der Waals surface area (Å²) in [7, 11) is 4.68. The molecule has 0 saturated carbocycles. The Labute approximate surface area is 187 Å². The third-order valence-electron chi connectivity index (χ3n) is 5.69. The topological polar surface area (TPSA) is 86.9 Å². The van der Waals surface area contributed by atoms with Crippen molar-refractivity contribution >= 4 is 5.91 Å². The van der Waals surface area contributed by atoms with Crippen LogP contribution in [-0.4, -0.2) is 55.4 Å². The number of benzene rings is 2. The molecule has 0 aliphatic carbocycles. The van der Waals surface area contributed by atoms with Crippen molar-refractivity contribution in [3.05, 3.63) is 53.9 Å². The Hall–Kier alpha value is -3.55. The summed E-state index contributed by atoms with van der Waals surface area (Å²) >= 11 is 0. The highest BCUT2D eigenvalue weighted by molar-refractivity contribution is 5.79. The van der Waals surface area contributed by atoms with E-state index >= 15 is 0 Å². The van der Waals surface area contributed by atoms with Gasteiger partial charge in [0.15, 0.2) is 11.5 Å². The SMILES string of the molecule is COc1cc(-c2noc([C@@H]3CCCN(C(=O)Cc4ccccc4)C3)n2)cc(OC)c1OC. The van der Waals surface area contributed by atoms with Crippen LogP contribution in [-0.2, 0) is 11.2 Å². The smallest absolute Gasteiger partial charge is 0.231 e. The monoisotopic (exact) mass is 437 g/mol. The number of carbonyl (C=O) groups is 1. The van der Waals surface area contributed by atoms with Gasteiger partial charge in [0.1, 0.15) is 0 Å². The maximum absolute atomic E-state index is 12.8. The van der Waals surface area contributed by atoms with Crippen LogP contribution in [0.15, 0.2) is 47.0 Å². The summed E-state index contributed by atoms with van der Waals surface area (Å²) in [5, 5.41) is 4.16. The first-order valence-electron chi connectivity index (χ1n) is 10.6. The Kier molecular flexibility index (Phi) is 6.58. The number of carbonyl (C=O) groups excluding carboxylic acids is 1. The quantitative estimate of drug-likeness (QED) is 0.557. The minimum absolute atomic E-state index is 0.00626. The van der Waals surface area contributed by atoms with Crippen LogP contribution in [0.4, 0.5) is 0 Å². The molecule has 1 aromatic heterocycles. The molecule has 32 heavy (non-hydrogen) atoms. The van der Waals surface area contributed by atoms with E-state index in [1.54, 1.807) is 33.5 Å². The minimum Gasteiger partial charge on any atom is -0.493 e. The van der Waals surface area contributed by atoms with Crippen molar-refractivity contribution in [2.45, 2.75) is 25.2 Å². The van der Waals surface area contributed by atoms with Gasteiger partial charge < -0.3 is 23.6 Å². The minimum atomic E-state index is 0.00626. The van der Waals surface area contributed by atoms with Crippen molar-refractivity contribution in [2.24, 2.45) is 0 Å². The van der Waals surface area contributed by atoms with E-state index in [0.29, 0.717) is 47.5 Å². The van der Waals surface area contributed by atoms with Crippen molar-refractivity contribution in [3.8, 4) is 28.6 Å². The summed E-state index contributed by atoms with van der Waals surface area (Å²) < 4.78 is 21.8. The van der Waals surface area contributed by atoms with Crippen molar-refractivity contribution in [2.75, 3.05) is 34.4 Å². The molecule has 0 N–H and O–H groups in total. The molecular formula is C24H27N3O5. The van der Waals surface area contributed by atoms with Crippen LogP contribution in [0, 0.1) is 0 Å². The van der Waals surface area contributed by atoms with Gasteiger partial charge in [-0.25, -0.2) is 0 Å². The fourth-order valence-corrected chi connectivity index (χ4v) is 4.02. The highest BCUT2D eigenvalue weighted by Crippen LogP contribution is 2.41. The van der Waals surface area contributed by atoms with E-state index in [0.717, 1.165) is 24.9 Å². The second-order valence-corrected chi connectivity index (χ2v) is 7.71. The molecule has 1 aliphatic rings. The lowest BCUT2D eigenvalue weighted by Gasteiger charge is -2.31. The Morgan fingerprint density at radius 3 is 2.47 bits per heavy atom. The van der Waals surface area contributed by atoms with E-state index in [4.69, 9.17) is 18.7 Å². The van der Waals surface area contributed by atoms with Crippen molar-refractivity contribution in [1.29, 1.82) is 0 Å². The number of likely N-dealkylation sites (tertiary alicyclic amines) is 1. The van der Waals surface area contributed by atoms with Crippen molar-refractivity contribution < 1.29 is 23.5 Å². The molecule has 8 nitrogen and oxygen atoms in total. The number of methoxy groups -OCH3 is 3. The molecule has 168 valence electrons. The first-order valence-corrected chi connectivity index (χ1v) is 10.6. The molecule has 0 bridgehead atoms. The second kappa shape index (κ2) is 9.72. The van der Waals surface area contributed by atoms with Crippen molar-refractivity contribution in [3.63, 3.8) is 0 Å². The first-order chi connectivity index (χ1) is 15.6. The van der Waals surface area contributed by atoms with E-state index in [9.17, 15) is 4.79 Å². The normalized spacial score (nSPS) is 16.0. The fraction of sp³-hybridized carbons (Fsp3) is 0.375. The van der Waals surface area contributed by atoms with Crippen LogP contribution in [0.3, 0.4) is 0 Å². The predicted molar refractivity (Wildman–Crippen MR) is 118 cm³/mol. The van der Waals surface area contributed by atoms with Crippen LogP contribution in [0.5, 0.6) is 17.2 Å². The number of piperidine rings is 1. The summed E-state index contributed by atoms with van der Waals surface area (Å²) in [6.45, 7) is 1.32. The standard InChI is InChI=1S/C24H27N3O5/c1-29-19-13-18(14-20(30-2)22(19)31-3)23-25-24(32-26-23)17-10-7-11-27(15-17)21(28)12-16-8-5-4-6-9-16/h4-6,8-9,13-14,17H,7,10-12,15H2,1-3H3/t17-/m1/s1. The number of amides is 1. The molecule has 1 amide bonds. The molecule has 1 aliphatic heterocycles. The molecule has 1 fully saturated rings.